The molecule has 1 heterocycles. The largest absolute Gasteiger partial charge is 0.349 e. The van der Waals surface area contributed by atoms with E-state index in [0.717, 1.165) is 3.57 Å². The molecule has 1 aromatic rings. The van der Waals surface area contributed by atoms with Crippen LogP contribution in [0.3, 0.4) is 0 Å². The molecule has 1 unspecified atom stereocenters. The zero-order valence-corrected chi connectivity index (χ0v) is 14.4. The molecule has 5 nitrogen and oxygen atoms in total. The van der Waals surface area contributed by atoms with E-state index in [1.54, 1.807) is 38.4 Å². The summed E-state index contributed by atoms with van der Waals surface area (Å²) in [6, 6.07) is 6.76. The van der Waals surface area contributed by atoms with Crippen LogP contribution in [0, 0.1) is 9.49 Å². The van der Waals surface area contributed by atoms with Gasteiger partial charge in [0.2, 0.25) is 15.9 Å². The number of halogens is 1. The van der Waals surface area contributed by atoms with Crippen LogP contribution in [0.2, 0.25) is 0 Å². The summed E-state index contributed by atoms with van der Waals surface area (Å²) < 4.78 is 27.4. The predicted octanol–water partition coefficient (Wildman–Crippen LogP) is 1.39. The molecule has 1 amide bonds. The van der Waals surface area contributed by atoms with Crippen molar-refractivity contribution in [3.8, 4) is 0 Å². The van der Waals surface area contributed by atoms with Gasteiger partial charge in [-0.2, -0.15) is 4.31 Å². The van der Waals surface area contributed by atoms with Crippen molar-refractivity contribution in [3.63, 3.8) is 0 Å². The highest BCUT2D eigenvalue weighted by Gasteiger charge is 2.36. The number of amides is 1. The smallest absolute Gasteiger partial charge is 0.243 e. The van der Waals surface area contributed by atoms with Gasteiger partial charge in [0, 0.05) is 30.8 Å². The number of rotatable bonds is 3. The molecule has 1 atom stereocenters. The van der Waals surface area contributed by atoms with E-state index in [-0.39, 0.29) is 23.3 Å². The van der Waals surface area contributed by atoms with Crippen molar-refractivity contribution in [2.75, 3.05) is 27.2 Å². The van der Waals surface area contributed by atoms with Gasteiger partial charge in [-0.3, -0.25) is 4.79 Å². The van der Waals surface area contributed by atoms with E-state index in [2.05, 4.69) is 22.6 Å². The molecular formula is C13H17IN2O3S. The number of hydrogen-bond acceptors (Lipinski definition) is 3. The van der Waals surface area contributed by atoms with Gasteiger partial charge < -0.3 is 4.90 Å². The van der Waals surface area contributed by atoms with E-state index < -0.39 is 10.0 Å². The van der Waals surface area contributed by atoms with Crippen molar-refractivity contribution < 1.29 is 13.2 Å². The number of nitrogens with zero attached hydrogens (tertiary/aromatic N) is 2. The third-order valence-corrected chi connectivity index (χ3v) is 5.99. The minimum absolute atomic E-state index is 0.00897. The van der Waals surface area contributed by atoms with E-state index in [4.69, 9.17) is 0 Å². The maximum atomic E-state index is 12.5. The Labute approximate surface area is 133 Å². The summed E-state index contributed by atoms with van der Waals surface area (Å²) in [4.78, 5) is 13.7. The number of sulfonamides is 1. The van der Waals surface area contributed by atoms with E-state index >= 15 is 0 Å². The highest BCUT2D eigenvalue weighted by atomic mass is 127. The van der Waals surface area contributed by atoms with Gasteiger partial charge in [-0.1, -0.05) is 0 Å². The fourth-order valence-corrected chi connectivity index (χ4v) is 4.13. The summed E-state index contributed by atoms with van der Waals surface area (Å²) in [5.74, 6) is -0.242. The van der Waals surface area contributed by atoms with Crippen molar-refractivity contribution >= 4 is 38.5 Å². The molecule has 0 N–H and O–H groups in total. The average Bonchev–Trinajstić information content (AvgIpc) is 2.88. The van der Waals surface area contributed by atoms with Gasteiger partial charge in [-0.15, -0.1) is 0 Å². The zero-order valence-electron chi connectivity index (χ0n) is 11.4. The Morgan fingerprint density at radius 3 is 2.45 bits per heavy atom. The highest BCUT2D eigenvalue weighted by Crippen LogP contribution is 2.25. The molecule has 0 radical (unpaired) electrons. The Hall–Kier alpha value is -0.670. The standard InChI is InChI=1S/C13H17IN2O3S/c1-15(2)13(17)10-7-8-16(9-10)20(18,19)12-5-3-11(14)4-6-12/h3-6,10H,7-9H2,1-2H3. The third-order valence-electron chi connectivity index (χ3n) is 3.39. The average molecular weight is 408 g/mol. The molecule has 0 spiro atoms. The van der Waals surface area contributed by atoms with Crippen LogP contribution in [0.25, 0.3) is 0 Å². The van der Waals surface area contributed by atoms with Crippen molar-refractivity contribution in [1.29, 1.82) is 0 Å². The summed E-state index contributed by atoms with van der Waals surface area (Å²) in [6.07, 6.45) is 0.584. The van der Waals surface area contributed by atoms with Crippen molar-refractivity contribution in [2.24, 2.45) is 5.92 Å². The molecule has 1 saturated heterocycles. The summed E-state index contributed by atoms with van der Waals surface area (Å²) >= 11 is 2.13. The van der Waals surface area contributed by atoms with Crippen LogP contribution in [0.4, 0.5) is 0 Å². The Kier molecular flexibility index (Phi) is 4.70. The molecule has 20 heavy (non-hydrogen) atoms. The monoisotopic (exact) mass is 408 g/mol. The van der Waals surface area contributed by atoms with Gasteiger partial charge in [0.05, 0.1) is 10.8 Å². The lowest BCUT2D eigenvalue weighted by Crippen LogP contribution is -2.34. The fourth-order valence-electron chi connectivity index (χ4n) is 2.27. The Morgan fingerprint density at radius 1 is 1.30 bits per heavy atom. The second-order valence-electron chi connectivity index (χ2n) is 5.04. The molecule has 1 aromatic carbocycles. The van der Waals surface area contributed by atoms with Crippen molar-refractivity contribution in [2.45, 2.75) is 11.3 Å². The summed E-state index contributed by atoms with van der Waals surface area (Å²) in [5, 5.41) is 0. The second-order valence-corrected chi connectivity index (χ2v) is 8.22. The van der Waals surface area contributed by atoms with Gasteiger partial charge in [0.25, 0.3) is 0 Å². The van der Waals surface area contributed by atoms with Crippen molar-refractivity contribution in [3.05, 3.63) is 27.8 Å². The van der Waals surface area contributed by atoms with Gasteiger partial charge in [0.1, 0.15) is 0 Å². The lowest BCUT2D eigenvalue weighted by molar-refractivity contribution is -0.132. The van der Waals surface area contributed by atoms with Gasteiger partial charge in [-0.25, -0.2) is 8.42 Å². The van der Waals surface area contributed by atoms with Crippen LogP contribution in [0.5, 0.6) is 0 Å². The molecule has 2 rings (SSSR count). The van der Waals surface area contributed by atoms with Crippen LogP contribution in [0.1, 0.15) is 6.42 Å². The highest BCUT2D eigenvalue weighted by molar-refractivity contribution is 14.1. The molecule has 7 heteroatoms. The first-order valence-electron chi connectivity index (χ1n) is 6.29. The summed E-state index contributed by atoms with van der Waals surface area (Å²) in [6.45, 7) is 0.671. The summed E-state index contributed by atoms with van der Waals surface area (Å²) in [7, 11) is -0.102. The number of benzene rings is 1. The Balaban J connectivity index is 2.16. The number of carbonyl (C=O) groups excluding carboxylic acids is 1. The minimum Gasteiger partial charge on any atom is -0.349 e. The minimum atomic E-state index is -3.49. The topological polar surface area (TPSA) is 57.7 Å². The summed E-state index contributed by atoms with van der Waals surface area (Å²) in [5.41, 5.74) is 0. The Bertz CT molecular complexity index is 599. The molecule has 0 saturated carbocycles. The fraction of sp³-hybridized carbons (Fsp3) is 0.462. The first-order valence-corrected chi connectivity index (χ1v) is 8.81. The van der Waals surface area contributed by atoms with Gasteiger partial charge in [0.15, 0.2) is 0 Å². The van der Waals surface area contributed by atoms with E-state index in [1.807, 2.05) is 0 Å². The van der Waals surface area contributed by atoms with E-state index in [1.165, 1.54) is 9.21 Å². The van der Waals surface area contributed by atoms with Crippen LogP contribution < -0.4 is 0 Å². The molecule has 1 aliphatic rings. The molecule has 1 aliphatic heterocycles. The number of carbonyl (C=O) groups is 1. The third kappa shape index (κ3) is 3.15. The van der Waals surface area contributed by atoms with Crippen LogP contribution >= 0.6 is 22.6 Å². The molecule has 0 aliphatic carbocycles. The maximum absolute atomic E-state index is 12.5. The lowest BCUT2D eigenvalue weighted by Gasteiger charge is -2.18. The van der Waals surface area contributed by atoms with Gasteiger partial charge >= 0.3 is 0 Å². The van der Waals surface area contributed by atoms with Crippen LogP contribution in [-0.2, 0) is 14.8 Å². The quantitative estimate of drug-likeness (QED) is 0.711. The molecular weight excluding hydrogens is 391 g/mol. The maximum Gasteiger partial charge on any atom is 0.243 e. The SMILES string of the molecule is CN(C)C(=O)C1CCN(S(=O)(=O)c2ccc(I)cc2)C1. The molecule has 1 fully saturated rings. The molecule has 0 aromatic heterocycles. The Morgan fingerprint density at radius 2 is 1.90 bits per heavy atom. The van der Waals surface area contributed by atoms with Crippen molar-refractivity contribution in [1.82, 2.24) is 9.21 Å². The second kappa shape index (κ2) is 5.98. The zero-order chi connectivity index (χ0) is 14.9. The van der Waals surface area contributed by atoms with Crippen LogP contribution in [0.15, 0.2) is 29.2 Å². The first kappa shape index (κ1) is 15.7. The van der Waals surface area contributed by atoms with Gasteiger partial charge in [-0.05, 0) is 53.3 Å². The predicted molar refractivity (Wildman–Crippen MR) is 84.7 cm³/mol. The number of hydrogen-bond donors (Lipinski definition) is 0. The normalized spacial score (nSPS) is 20.1. The molecule has 110 valence electrons. The lowest BCUT2D eigenvalue weighted by atomic mass is 10.1. The van der Waals surface area contributed by atoms with Crippen LogP contribution in [-0.4, -0.2) is 50.7 Å². The first-order chi connectivity index (χ1) is 9.32. The van der Waals surface area contributed by atoms with E-state index in [0.29, 0.717) is 13.0 Å². The molecule has 0 bridgehead atoms. The van der Waals surface area contributed by atoms with E-state index in [9.17, 15) is 13.2 Å².